The van der Waals surface area contributed by atoms with Crippen molar-refractivity contribution in [1.29, 1.82) is 0 Å². The summed E-state index contributed by atoms with van der Waals surface area (Å²) in [6, 6.07) is 9.27. The van der Waals surface area contributed by atoms with Gasteiger partial charge in [-0.3, -0.25) is 4.90 Å². The van der Waals surface area contributed by atoms with Gasteiger partial charge in [-0.1, -0.05) is 12.1 Å². The first-order valence-electron chi connectivity index (χ1n) is 11.6. The Morgan fingerprint density at radius 2 is 1.72 bits per heavy atom. The zero-order valence-electron chi connectivity index (χ0n) is 20.9. The van der Waals surface area contributed by atoms with Crippen LogP contribution in [0.25, 0.3) is 0 Å². The van der Waals surface area contributed by atoms with Gasteiger partial charge in [0.2, 0.25) is 0 Å². The number of rotatable bonds is 12. The lowest BCUT2D eigenvalue weighted by molar-refractivity contribution is 0.173. The van der Waals surface area contributed by atoms with Gasteiger partial charge in [-0.25, -0.2) is 4.99 Å². The van der Waals surface area contributed by atoms with Gasteiger partial charge in [-0.15, -0.1) is 10.2 Å². The van der Waals surface area contributed by atoms with E-state index in [9.17, 15) is 0 Å². The topological polar surface area (TPSA) is 79.6 Å². The van der Waals surface area contributed by atoms with E-state index in [0.717, 1.165) is 55.8 Å². The Balaban J connectivity index is 1.92. The third-order valence-electron chi connectivity index (χ3n) is 5.64. The number of guanidine groups is 1. The molecule has 0 aliphatic heterocycles. The highest BCUT2D eigenvalue weighted by Gasteiger charge is 2.12. The van der Waals surface area contributed by atoms with E-state index in [-0.39, 0.29) is 0 Å². The van der Waals surface area contributed by atoms with Crippen LogP contribution in [0.3, 0.4) is 0 Å². The van der Waals surface area contributed by atoms with Crippen molar-refractivity contribution >= 4 is 5.96 Å². The minimum atomic E-state index is 0.485. The summed E-state index contributed by atoms with van der Waals surface area (Å²) >= 11 is 0. The summed E-state index contributed by atoms with van der Waals surface area (Å²) in [6.07, 6.45) is 1.96. The molecule has 1 heterocycles. The Labute approximate surface area is 193 Å². The molecule has 0 aliphatic carbocycles. The molecule has 1 aromatic carbocycles. The fourth-order valence-corrected chi connectivity index (χ4v) is 3.61. The van der Waals surface area contributed by atoms with Crippen LogP contribution in [-0.4, -0.2) is 64.5 Å². The lowest BCUT2D eigenvalue weighted by Crippen LogP contribution is -2.42. The van der Waals surface area contributed by atoms with Gasteiger partial charge in [0.1, 0.15) is 18.1 Å². The number of nitrogens with one attached hydrogen (secondary N) is 2. The van der Waals surface area contributed by atoms with Crippen molar-refractivity contribution in [2.75, 3.05) is 26.7 Å². The van der Waals surface area contributed by atoms with E-state index < -0.39 is 0 Å². The predicted octanol–water partition coefficient (Wildman–Crippen LogP) is 2.92. The fourth-order valence-electron chi connectivity index (χ4n) is 3.61. The summed E-state index contributed by atoms with van der Waals surface area (Å²) in [5, 5.41) is 15.3. The van der Waals surface area contributed by atoms with Crippen molar-refractivity contribution in [3.63, 3.8) is 0 Å². The van der Waals surface area contributed by atoms with E-state index >= 15 is 0 Å². The van der Waals surface area contributed by atoms with Crippen LogP contribution in [0.5, 0.6) is 5.75 Å². The highest BCUT2D eigenvalue weighted by molar-refractivity contribution is 5.79. The summed E-state index contributed by atoms with van der Waals surface area (Å²) in [7, 11) is 3.65. The van der Waals surface area contributed by atoms with Crippen LogP contribution in [0, 0.1) is 6.92 Å². The first-order valence-corrected chi connectivity index (χ1v) is 11.6. The quantitative estimate of drug-likeness (QED) is 0.298. The molecule has 32 heavy (non-hydrogen) atoms. The van der Waals surface area contributed by atoms with Crippen LogP contribution >= 0.6 is 0 Å². The third kappa shape index (κ3) is 8.15. The van der Waals surface area contributed by atoms with E-state index in [1.54, 1.807) is 7.11 Å². The monoisotopic (exact) mass is 443 g/mol. The van der Waals surface area contributed by atoms with Gasteiger partial charge in [0.05, 0.1) is 7.11 Å². The van der Waals surface area contributed by atoms with Crippen molar-refractivity contribution < 1.29 is 4.74 Å². The first kappa shape index (κ1) is 25.6. The van der Waals surface area contributed by atoms with Gasteiger partial charge in [-0.05, 0) is 65.2 Å². The first-order chi connectivity index (χ1) is 15.3. The molecule has 0 unspecified atom stereocenters. The number of aromatic nitrogens is 3. The van der Waals surface area contributed by atoms with E-state index in [1.807, 2.05) is 30.7 Å². The van der Waals surface area contributed by atoms with Gasteiger partial charge in [0, 0.05) is 38.8 Å². The molecule has 0 aliphatic rings. The van der Waals surface area contributed by atoms with Crippen LogP contribution in [0.15, 0.2) is 29.3 Å². The van der Waals surface area contributed by atoms with E-state index in [0.29, 0.717) is 18.6 Å². The number of hydrogen-bond donors (Lipinski definition) is 2. The summed E-state index contributed by atoms with van der Waals surface area (Å²) in [4.78, 5) is 7.26. The zero-order chi connectivity index (χ0) is 23.5. The van der Waals surface area contributed by atoms with Gasteiger partial charge < -0.3 is 19.9 Å². The second kappa shape index (κ2) is 13.1. The van der Waals surface area contributed by atoms with Gasteiger partial charge >= 0.3 is 0 Å². The van der Waals surface area contributed by atoms with Crippen LogP contribution in [0.4, 0.5) is 0 Å². The zero-order valence-corrected chi connectivity index (χ0v) is 20.9. The average molecular weight is 444 g/mol. The molecule has 0 radical (unpaired) electrons. The Kier molecular flexibility index (Phi) is 10.5. The summed E-state index contributed by atoms with van der Waals surface area (Å²) in [5.74, 6) is 3.42. The minimum absolute atomic E-state index is 0.485. The minimum Gasteiger partial charge on any atom is -0.497 e. The number of aryl methyl sites for hydroxylation is 1. The second-order valence-corrected chi connectivity index (χ2v) is 8.62. The van der Waals surface area contributed by atoms with Crippen molar-refractivity contribution in [2.24, 2.45) is 12.0 Å². The van der Waals surface area contributed by atoms with E-state index in [1.165, 1.54) is 5.56 Å². The SMILES string of the molecule is COc1ccc(CCNC(=NCc2nnc(C)n2C)NCCCN(C(C)C)C(C)C)cc1. The maximum Gasteiger partial charge on any atom is 0.191 e. The molecule has 8 heteroatoms. The standard InChI is InChI=1S/C24H41N7O/c1-18(2)31(19(3)4)16-8-14-25-24(27-17-23-29-28-20(5)30(23)6)26-15-13-21-9-11-22(32-7)12-10-21/h9-12,18-19H,8,13-17H2,1-7H3,(H2,25,26,27). The lowest BCUT2D eigenvalue weighted by atomic mass is 10.1. The fraction of sp³-hybridized carbons (Fsp3) is 0.625. The third-order valence-corrected chi connectivity index (χ3v) is 5.64. The Hall–Kier alpha value is -2.61. The number of nitrogens with zero attached hydrogens (tertiary/aromatic N) is 5. The second-order valence-electron chi connectivity index (χ2n) is 8.62. The molecular formula is C24H41N7O. The molecule has 0 fully saturated rings. The maximum atomic E-state index is 5.24. The summed E-state index contributed by atoms with van der Waals surface area (Å²) in [6.45, 7) is 14.2. The van der Waals surface area contributed by atoms with Gasteiger partial charge in [0.25, 0.3) is 0 Å². The van der Waals surface area contributed by atoms with Crippen molar-refractivity contribution in [2.45, 2.75) is 66.1 Å². The summed E-state index contributed by atoms with van der Waals surface area (Å²) < 4.78 is 7.21. The molecule has 0 amide bonds. The molecule has 8 nitrogen and oxygen atoms in total. The van der Waals surface area contributed by atoms with Crippen molar-refractivity contribution in [3.05, 3.63) is 41.5 Å². The smallest absolute Gasteiger partial charge is 0.191 e. The number of benzene rings is 1. The molecule has 2 N–H and O–H groups in total. The average Bonchev–Trinajstić information content (AvgIpc) is 3.08. The summed E-state index contributed by atoms with van der Waals surface area (Å²) in [5.41, 5.74) is 1.26. The highest BCUT2D eigenvalue weighted by Crippen LogP contribution is 2.11. The molecule has 2 aromatic rings. The Morgan fingerprint density at radius 3 is 2.28 bits per heavy atom. The highest BCUT2D eigenvalue weighted by atomic mass is 16.5. The van der Waals surface area contributed by atoms with Gasteiger partial charge in [0.15, 0.2) is 11.8 Å². The van der Waals surface area contributed by atoms with Crippen LogP contribution in [0.2, 0.25) is 0 Å². The molecule has 1 aromatic heterocycles. The molecule has 0 spiro atoms. The van der Waals surface area contributed by atoms with E-state index in [2.05, 4.69) is 65.6 Å². The predicted molar refractivity (Wildman–Crippen MR) is 131 cm³/mol. The van der Waals surface area contributed by atoms with Crippen molar-refractivity contribution in [3.8, 4) is 5.75 Å². The van der Waals surface area contributed by atoms with Crippen LogP contribution < -0.4 is 15.4 Å². The largest absolute Gasteiger partial charge is 0.497 e. The Morgan fingerprint density at radius 1 is 1.06 bits per heavy atom. The molecule has 0 atom stereocenters. The molecule has 0 saturated carbocycles. The van der Waals surface area contributed by atoms with Crippen molar-refractivity contribution in [1.82, 2.24) is 30.3 Å². The maximum absolute atomic E-state index is 5.24. The van der Waals surface area contributed by atoms with Gasteiger partial charge in [-0.2, -0.15) is 0 Å². The number of methoxy groups -OCH3 is 1. The van der Waals surface area contributed by atoms with Crippen LogP contribution in [0.1, 0.15) is 51.3 Å². The molecule has 178 valence electrons. The molecule has 0 bridgehead atoms. The van der Waals surface area contributed by atoms with Crippen LogP contribution in [-0.2, 0) is 20.0 Å². The molecule has 2 rings (SSSR count). The molecule has 0 saturated heterocycles. The van der Waals surface area contributed by atoms with E-state index in [4.69, 9.17) is 9.73 Å². The normalized spacial score (nSPS) is 12.1. The number of ether oxygens (including phenoxy) is 1. The Bertz CT molecular complexity index is 819. The lowest BCUT2D eigenvalue weighted by Gasteiger charge is -2.30. The number of hydrogen-bond acceptors (Lipinski definition) is 5. The number of aliphatic imine (C=N–C) groups is 1. The molecular weight excluding hydrogens is 402 g/mol.